The molecule has 1 saturated heterocycles. The molecular formula is C13H17N3O. The van der Waals surface area contributed by atoms with E-state index in [2.05, 4.69) is 14.9 Å². The molecule has 3 rings (SSSR count). The Kier molecular flexibility index (Phi) is 2.79. The molecule has 17 heavy (non-hydrogen) atoms. The molecule has 0 aromatic carbocycles. The van der Waals surface area contributed by atoms with Crippen molar-refractivity contribution in [2.24, 2.45) is 0 Å². The van der Waals surface area contributed by atoms with Crippen LogP contribution < -0.4 is 4.90 Å². The Morgan fingerprint density at radius 1 is 1.24 bits per heavy atom. The summed E-state index contributed by atoms with van der Waals surface area (Å²) >= 11 is 0. The van der Waals surface area contributed by atoms with Crippen molar-refractivity contribution < 1.29 is 4.79 Å². The summed E-state index contributed by atoms with van der Waals surface area (Å²) in [6.07, 6.45) is 9.27. The lowest BCUT2D eigenvalue weighted by Gasteiger charge is -2.34. The number of aryl methyl sites for hydroxylation is 1. The number of hydrogen-bond acceptors (Lipinski definition) is 4. The molecular weight excluding hydrogens is 214 g/mol. The molecule has 1 unspecified atom stereocenters. The number of carbonyl (C=O) groups excluding carboxylic acids is 1. The van der Waals surface area contributed by atoms with E-state index in [1.165, 1.54) is 17.7 Å². The number of anilines is 1. The molecule has 1 atom stereocenters. The van der Waals surface area contributed by atoms with Crippen molar-refractivity contribution in [1.82, 2.24) is 9.97 Å². The SMILES string of the molecule is O=CC1CCCCN1c1ncnc2c1CCC2. The number of aldehydes is 1. The van der Waals surface area contributed by atoms with E-state index in [1.54, 1.807) is 6.33 Å². The zero-order chi connectivity index (χ0) is 11.7. The number of fused-ring (bicyclic) bond motifs is 1. The van der Waals surface area contributed by atoms with E-state index in [1.807, 2.05) is 0 Å². The van der Waals surface area contributed by atoms with Gasteiger partial charge in [-0.15, -0.1) is 0 Å². The van der Waals surface area contributed by atoms with Crippen molar-refractivity contribution in [2.75, 3.05) is 11.4 Å². The van der Waals surface area contributed by atoms with E-state index in [9.17, 15) is 4.79 Å². The quantitative estimate of drug-likeness (QED) is 0.724. The lowest BCUT2D eigenvalue weighted by atomic mass is 10.0. The largest absolute Gasteiger partial charge is 0.347 e. The highest BCUT2D eigenvalue weighted by Crippen LogP contribution is 2.31. The molecule has 0 amide bonds. The number of hydrogen-bond donors (Lipinski definition) is 0. The fourth-order valence-electron chi connectivity index (χ4n) is 2.95. The van der Waals surface area contributed by atoms with Gasteiger partial charge in [-0.05, 0) is 38.5 Å². The molecule has 1 aromatic heterocycles. The minimum Gasteiger partial charge on any atom is -0.347 e. The second kappa shape index (κ2) is 4.43. The van der Waals surface area contributed by atoms with Crippen molar-refractivity contribution >= 4 is 12.1 Å². The second-order valence-corrected chi connectivity index (χ2v) is 4.87. The normalized spacial score (nSPS) is 23.5. The van der Waals surface area contributed by atoms with Crippen LogP contribution in [0.2, 0.25) is 0 Å². The van der Waals surface area contributed by atoms with Gasteiger partial charge in [-0.1, -0.05) is 0 Å². The summed E-state index contributed by atoms with van der Waals surface area (Å²) < 4.78 is 0. The topological polar surface area (TPSA) is 46.1 Å². The zero-order valence-electron chi connectivity index (χ0n) is 9.93. The first-order valence-electron chi connectivity index (χ1n) is 6.45. The monoisotopic (exact) mass is 231 g/mol. The minimum atomic E-state index is 0.0170. The van der Waals surface area contributed by atoms with Gasteiger partial charge in [-0.3, -0.25) is 0 Å². The van der Waals surface area contributed by atoms with Gasteiger partial charge in [0.1, 0.15) is 18.4 Å². The lowest BCUT2D eigenvalue weighted by molar-refractivity contribution is -0.109. The number of carbonyl (C=O) groups is 1. The van der Waals surface area contributed by atoms with Crippen molar-refractivity contribution in [3.8, 4) is 0 Å². The molecule has 4 heteroatoms. The third kappa shape index (κ3) is 1.81. The van der Waals surface area contributed by atoms with Crippen LogP contribution in [0.3, 0.4) is 0 Å². The molecule has 2 heterocycles. The number of nitrogens with zero attached hydrogens (tertiary/aromatic N) is 3. The van der Waals surface area contributed by atoms with Crippen LogP contribution in [0.4, 0.5) is 5.82 Å². The van der Waals surface area contributed by atoms with Gasteiger partial charge in [0.05, 0.1) is 6.04 Å². The summed E-state index contributed by atoms with van der Waals surface area (Å²) in [7, 11) is 0. The third-order valence-corrected chi connectivity index (χ3v) is 3.83. The predicted molar refractivity (Wildman–Crippen MR) is 65.1 cm³/mol. The van der Waals surface area contributed by atoms with E-state index < -0.39 is 0 Å². The zero-order valence-corrected chi connectivity index (χ0v) is 9.93. The average molecular weight is 231 g/mol. The maximum absolute atomic E-state index is 11.2. The van der Waals surface area contributed by atoms with Gasteiger partial charge in [0.25, 0.3) is 0 Å². The van der Waals surface area contributed by atoms with E-state index in [-0.39, 0.29) is 6.04 Å². The maximum Gasteiger partial charge on any atom is 0.142 e. The predicted octanol–water partition coefficient (Wildman–Crippen LogP) is 1.52. The smallest absolute Gasteiger partial charge is 0.142 e. The number of piperidine rings is 1. The molecule has 4 nitrogen and oxygen atoms in total. The molecule has 90 valence electrons. The molecule has 0 spiro atoms. The van der Waals surface area contributed by atoms with Gasteiger partial charge in [0.2, 0.25) is 0 Å². The van der Waals surface area contributed by atoms with Crippen LogP contribution in [0.1, 0.15) is 36.9 Å². The molecule has 0 radical (unpaired) electrons. The van der Waals surface area contributed by atoms with Crippen LogP contribution in [0.25, 0.3) is 0 Å². The molecule has 1 fully saturated rings. The Morgan fingerprint density at radius 3 is 3.06 bits per heavy atom. The van der Waals surface area contributed by atoms with E-state index in [0.717, 1.165) is 50.8 Å². The van der Waals surface area contributed by atoms with E-state index in [0.29, 0.717) is 0 Å². The van der Waals surface area contributed by atoms with E-state index >= 15 is 0 Å². The van der Waals surface area contributed by atoms with E-state index in [4.69, 9.17) is 0 Å². The first kappa shape index (κ1) is 10.7. The van der Waals surface area contributed by atoms with Crippen molar-refractivity contribution in [3.05, 3.63) is 17.6 Å². The number of aromatic nitrogens is 2. The maximum atomic E-state index is 11.2. The molecule has 1 aliphatic heterocycles. The molecule has 1 aromatic rings. The summed E-state index contributed by atoms with van der Waals surface area (Å²) in [6, 6.07) is 0.0170. The molecule has 0 bridgehead atoms. The van der Waals surface area contributed by atoms with Crippen LogP contribution in [0.15, 0.2) is 6.33 Å². The fourth-order valence-corrected chi connectivity index (χ4v) is 2.95. The molecule has 0 N–H and O–H groups in total. The fraction of sp³-hybridized carbons (Fsp3) is 0.615. The first-order valence-corrected chi connectivity index (χ1v) is 6.45. The Labute approximate surface area is 101 Å². The second-order valence-electron chi connectivity index (χ2n) is 4.87. The molecule has 1 aliphatic carbocycles. The van der Waals surface area contributed by atoms with Crippen LogP contribution in [0.5, 0.6) is 0 Å². The van der Waals surface area contributed by atoms with Crippen molar-refractivity contribution in [3.63, 3.8) is 0 Å². The first-order chi connectivity index (χ1) is 8.40. The molecule has 0 saturated carbocycles. The highest BCUT2D eigenvalue weighted by atomic mass is 16.1. The summed E-state index contributed by atoms with van der Waals surface area (Å²) in [5, 5.41) is 0. The Morgan fingerprint density at radius 2 is 2.18 bits per heavy atom. The molecule has 2 aliphatic rings. The van der Waals surface area contributed by atoms with Gasteiger partial charge >= 0.3 is 0 Å². The average Bonchev–Trinajstić information content (AvgIpc) is 2.86. The Hall–Kier alpha value is -1.45. The highest BCUT2D eigenvalue weighted by Gasteiger charge is 2.27. The van der Waals surface area contributed by atoms with Crippen LogP contribution in [0, 0.1) is 0 Å². The highest BCUT2D eigenvalue weighted by molar-refractivity contribution is 5.67. The standard InChI is InChI=1S/C13H17N3O/c17-8-10-4-1-2-7-16(10)13-11-5-3-6-12(11)14-9-15-13/h8-10H,1-7H2. The van der Waals surface area contributed by atoms with Crippen molar-refractivity contribution in [2.45, 2.75) is 44.6 Å². The van der Waals surface area contributed by atoms with Crippen LogP contribution in [-0.4, -0.2) is 28.8 Å². The van der Waals surface area contributed by atoms with Gasteiger partial charge in [-0.2, -0.15) is 0 Å². The van der Waals surface area contributed by atoms with Crippen LogP contribution >= 0.6 is 0 Å². The van der Waals surface area contributed by atoms with Gasteiger partial charge < -0.3 is 9.69 Å². The van der Waals surface area contributed by atoms with Gasteiger partial charge in [-0.25, -0.2) is 9.97 Å². The number of rotatable bonds is 2. The summed E-state index contributed by atoms with van der Waals surface area (Å²) in [4.78, 5) is 22.1. The lowest BCUT2D eigenvalue weighted by Crippen LogP contribution is -2.41. The third-order valence-electron chi connectivity index (χ3n) is 3.83. The summed E-state index contributed by atoms with van der Waals surface area (Å²) in [6.45, 7) is 0.951. The van der Waals surface area contributed by atoms with Gasteiger partial charge in [0.15, 0.2) is 0 Å². The van der Waals surface area contributed by atoms with Crippen LogP contribution in [-0.2, 0) is 17.6 Å². The Balaban J connectivity index is 1.97. The Bertz CT molecular complexity index is 433. The van der Waals surface area contributed by atoms with Gasteiger partial charge in [0, 0.05) is 17.8 Å². The summed E-state index contributed by atoms with van der Waals surface area (Å²) in [5.41, 5.74) is 2.46. The summed E-state index contributed by atoms with van der Waals surface area (Å²) in [5.74, 6) is 1.02. The van der Waals surface area contributed by atoms with Crippen molar-refractivity contribution in [1.29, 1.82) is 0 Å². The minimum absolute atomic E-state index is 0.0170.